The van der Waals surface area contributed by atoms with Crippen molar-refractivity contribution < 1.29 is 12.8 Å². The van der Waals surface area contributed by atoms with Gasteiger partial charge in [-0.15, -0.1) is 0 Å². The van der Waals surface area contributed by atoms with Gasteiger partial charge in [0.15, 0.2) is 5.89 Å². The SMILES string of the molecule is CNS(=O)(=O)c1ccc(-c2coc(C)n2)cc1. The molecule has 5 nitrogen and oxygen atoms in total. The zero-order valence-corrected chi connectivity index (χ0v) is 10.3. The molecular weight excluding hydrogens is 240 g/mol. The van der Waals surface area contributed by atoms with Crippen molar-refractivity contribution in [3.05, 3.63) is 36.4 Å². The van der Waals surface area contributed by atoms with E-state index < -0.39 is 10.0 Å². The number of aromatic nitrogens is 1. The molecule has 1 aromatic heterocycles. The minimum atomic E-state index is -3.39. The quantitative estimate of drug-likeness (QED) is 0.899. The number of aryl methyl sites for hydroxylation is 1. The summed E-state index contributed by atoms with van der Waals surface area (Å²) in [5.41, 5.74) is 1.51. The molecular formula is C11H12N2O3S. The Balaban J connectivity index is 2.37. The van der Waals surface area contributed by atoms with E-state index >= 15 is 0 Å². The van der Waals surface area contributed by atoms with Crippen molar-refractivity contribution in [3.63, 3.8) is 0 Å². The molecule has 0 aliphatic rings. The second-order valence-electron chi connectivity index (χ2n) is 3.48. The van der Waals surface area contributed by atoms with Gasteiger partial charge in [-0.25, -0.2) is 18.1 Å². The minimum Gasteiger partial charge on any atom is -0.449 e. The molecule has 0 aliphatic heterocycles. The van der Waals surface area contributed by atoms with Crippen LogP contribution in [0.4, 0.5) is 0 Å². The molecule has 1 aromatic carbocycles. The predicted molar refractivity (Wildman–Crippen MR) is 62.9 cm³/mol. The molecule has 0 amide bonds. The third kappa shape index (κ3) is 2.37. The topological polar surface area (TPSA) is 72.2 Å². The van der Waals surface area contributed by atoms with Gasteiger partial charge >= 0.3 is 0 Å². The first-order chi connectivity index (χ1) is 8.03. The fourth-order valence-electron chi connectivity index (χ4n) is 1.42. The smallest absolute Gasteiger partial charge is 0.240 e. The third-order valence-corrected chi connectivity index (χ3v) is 3.78. The number of nitrogens with zero attached hydrogens (tertiary/aromatic N) is 1. The Bertz CT molecular complexity index is 614. The minimum absolute atomic E-state index is 0.226. The Morgan fingerprint density at radius 3 is 2.35 bits per heavy atom. The van der Waals surface area contributed by atoms with Crippen LogP contribution in [-0.2, 0) is 10.0 Å². The first kappa shape index (κ1) is 11.8. The normalized spacial score (nSPS) is 11.6. The zero-order valence-electron chi connectivity index (χ0n) is 9.47. The number of benzene rings is 1. The van der Waals surface area contributed by atoms with Crippen LogP contribution in [0.5, 0.6) is 0 Å². The highest BCUT2D eigenvalue weighted by molar-refractivity contribution is 7.89. The van der Waals surface area contributed by atoms with E-state index in [0.717, 1.165) is 5.56 Å². The van der Waals surface area contributed by atoms with Gasteiger partial charge in [0.25, 0.3) is 0 Å². The fourth-order valence-corrected chi connectivity index (χ4v) is 2.15. The molecule has 0 radical (unpaired) electrons. The summed E-state index contributed by atoms with van der Waals surface area (Å²) in [7, 11) is -2.01. The third-order valence-electron chi connectivity index (χ3n) is 2.35. The summed E-state index contributed by atoms with van der Waals surface area (Å²) in [6.45, 7) is 1.75. The van der Waals surface area contributed by atoms with Gasteiger partial charge in [0.2, 0.25) is 10.0 Å². The molecule has 2 rings (SSSR count). The first-order valence-electron chi connectivity index (χ1n) is 4.99. The van der Waals surface area contributed by atoms with Gasteiger partial charge < -0.3 is 4.42 Å². The van der Waals surface area contributed by atoms with Gasteiger partial charge in [0, 0.05) is 12.5 Å². The average molecular weight is 252 g/mol. The lowest BCUT2D eigenvalue weighted by atomic mass is 10.2. The van der Waals surface area contributed by atoms with Crippen LogP contribution in [0.2, 0.25) is 0 Å². The van der Waals surface area contributed by atoms with E-state index in [2.05, 4.69) is 9.71 Å². The van der Waals surface area contributed by atoms with E-state index in [-0.39, 0.29) is 4.90 Å². The second kappa shape index (κ2) is 4.31. The molecule has 0 atom stereocenters. The Labute approximate surface area is 99.5 Å². The number of rotatable bonds is 3. The van der Waals surface area contributed by atoms with E-state index in [1.807, 2.05) is 0 Å². The van der Waals surface area contributed by atoms with Crippen LogP contribution in [0.1, 0.15) is 5.89 Å². The van der Waals surface area contributed by atoms with Gasteiger partial charge in [-0.3, -0.25) is 0 Å². The van der Waals surface area contributed by atoms with Gasteiger partial charge in [-0.1, -0.05) is 12.1 Å². The molecule has 0 saturated heterocycles. The Hall–Kier alpha value is -1.66. The van der Waals surface area contributed by atoms with Crippen molar-refractivity contribution in [2.45, 2.75) is 11.8 Å². The Kier molecular flexibility index (Phi) is 2.99. The maximum absolute atomic E-state index is 11.5. The van der Waals surface area contributed by atoms with Crippen LogP contribution in [-0.4, -0.2) is 20.4 Å². The highest BCUT2D eigenvalue weighted by atomic mass is 32.2. The number of oxazole rings is 1. The number of sulfonamides is 1. The highest BCUT2D eigenvalue weighted by Crippen LogP contribution is 2.20. The monoisotopic (exact) mass is 252 g/mol. The molecule has 1 heterocycles. The van der Waals surface area contributed by atoms with Gasteiger partial charge in [-0.05, 0) is 19.2 Å². The van der Waals surface area contributed by atoms with Crippen molar-refractivity contribution in [1.29, 1.82) is 0 Å². The second-order valence-corrected chi connectivity index (χ2v) is 5.37. The van der Waals surface area contributed by atoms with E-state index in [1.165, 1.54) is 25.4 Å². The first-order valence-corrected chi connectivity index (χ1v) is 6.47. The van der Waals surface area contributed by atoms with Crippen LogP contribution in [0.15, 0.2) is 39.8 Å². The summed E-state index contributed by atoms with van der Waals surface area (Å²) in [4.78, 5) is 4.39. The number of hydrogen-bond acceptors (Lipinski definition) is 4. The maximum Gasteiger partial charge on any atom is 0.240 e. The lowest BCUT2D eigenvalue weighted by Crippen LogP contribution is -2.18. The van der Waals surface area contributed by atoms with Crippen molar-refractivity contribution >= 4 is 10.0 Å². The largest absolute Gasteiger partial charge is 0.449 e. The van der Waals surface area contributed by atoms with E-state index in [9.17, 15) is 8.42 Å². The molecule has 0 aliphatic carbocycles. The molecule has 6 heteroatoms. The summed E-state index contributed by atoms with van der Waals surface area (Å²) >= 11 is 0. The lowest BCUT2D eigenvalue weighted by Gasteiger charge is -2.02. The van der Waals surface area contributed by atoms with E-state index in [4.69, 9.17) is 4.42 Å². The summed E-state index contributed by atoms with van der Waals surface area (Å²) < 4.78 is 30.4. The predicted octanol–water partition coefficient (Wildman–Crippen LogP) is 1.56. The van der Waals surface area contributed by atoms with Crippen molar-refractivity contribution in [3.8, 4) is 11.3 Å². The molecule has 0 spiro atoms. The van der Waals surface area contributed by atoms with Gasteiger partial charge in [-0.2, -0.15) is 0 Å². The Morgan fingerprint density at radius 1 is 1.24 bits per heavy atom. The average Bonchev–Trinajstić information content (AvgIpc) is 2.76. The summed E-state index contributed by atoms with van der Waals surface area (Å²) in [6, 6.07) is 6.46. The number of nitrogens with one attached hydrogen (secondary N) is 1. The zero-order chi connectivity index (χ0) is 12.5. The molecule has 17 heavy (non-hydrogen) atoms. The van der Waals surface area contributed by atoms with Crippen LogP contribution < -0.4 is 4.72 Å². The summed E-state index contributed by atoms with van der Waals surface area (Å²) in [6.07, 6.45) is 1.54. The van der Waals surface area contributed by atoms with Gasteiger partial charge in [0.1, 0.15) is 12.0 Å². The van der Waals surface area contributed by atoms with E-state index in [1.54, 1.807) is 19.1 Å². The summed E-state index contributed by atoms with van der Waals surface area (Å²) in [5, 5.41) is 0. The molecule has 0 saturated carbocycles. The Morgan fingerprint density at radius 2 is 1.88 bits per heavy atom. The molecule has 1 N–H and O–H groups in total. The van der Waals surface area contributed by atoms with Crippen molar-refractivity contribution in [2.75, 3.05) is 7.05 Å². The lowest BCUT2D eigenvalue weighted by molar-refractivity contribution is 0.521. The number of hydrogen-bond donors (Lipinski definition) is 1. The van der Waals surface area contributed by atoms with Gasteiger partial charge in [0.05, 0.1) is 4.90 Å². The molecule has 0 bridgehead atoms. The van der Waals surface area contributed by atoms with Crippen LogP contribution in [0.25, 0.3) is 11.3 Å². The van der Waals surface area contributed by atoms with Crippen LogP contribution >= 0.6 is 0 Å². The highest BCUT2D eigenvalue weighted by Gasteiger charge is 2.11. The molecule has 90 valence electrons. The van der Waals surface area contributed by atoms with E-state index in [0.29, 0.717) is 11.6 Å². The standard InChI is InChI=1S/C11H12N2O3S/c1-8-13-11(7-16-8)9-3-5-10(6-4-9)17(14,15)12-2/h3-7,12H,1-2H3. The van der Waals surface area contributed by atoms with Crippen molar-refractivity contribution in [1.82, 2.24) is 9.71 Å². The molecule has 0 fully saturated rings. The van der Waals surface area contributed by atoms with Crippen LogP contribution in [0.3, 0.4) is 0 Å². The van der Waals surface area contributed by atoms with Crippen molar-refractivity contribution in [2.24, 2.45) is 0 Å². The summed E-state index contributed by atoms with van der Waals surface area (Å²) in [5.74, 6) is 0.576. The van der Waals surface area contributed by atoms with Crippen LogP contribution in [0, 0.1) is 6.92 Å². The fraction of sp³-hybridized carbons (Fsp3) is 0.182. The molecule has 2 aromatic rings. The maximum atomic E-state index is 11.5. The molecule has 0 unspecified atom stereocenters.